The Bertz CT molecular complexity index is 1440. The summed E-state index contributed by atoms with van der Waals surface area (Å²) >= 11 is 2.88. The van der Waals surface area contributed by atoms with Crippen molar-refractivity contribution < 1.29 is 4.79 Å². The molecule has 0 radical (unpaired) electrons. The summed E-state index contributed by atoms with van der Waals surface area (Å²) in [6.45, 7) is 10.3. The average Bonchev–Trinajstić information content (AvgIpc) is 3.16. The quantitative estimate of drug-likeness (QED) is 0.216. The fourth-order valence-electron chi connectivity index (χ4n) is 4.03. The Kier molecular flexibility index (Phi) is 7.77. The monoisotopic (exact) mass is 505 g/mol. The number of rotatable bonds is 8. The Morgan fingerprint density at radius 1 is 1.06 bits per heavy atom. The standard InChI is InChI=1S/C28H31N3O2S2/c1-6-8-23-19(5)25-26(35-23)30-28(31(27(25)33)22-13-10-20(7-2)11-14-22)34-16-24(32)29-21-12-9-17(3)18(4)15-21/h9-15H,6-8,16H2,1-5H3,(H,29,32). The second-order valence-electron chi connectivity index (χ2n) is 8.77. The van der Waals surface area contributed by atoms with Crippen molar-refractivity contribution in [3.63, 3.8) is 0 Å². The van der Waals surface area contributed by atoms with E-state index >= 15 is 0 Å². The molecule has 0 aliphatic carbocycles. The first-order chi connectivity index (χ1) is 16.8. The summed E-state index contributed by atoms with van der Waals surface area (Å²) in [5.41, 5.74) is 5.99. The molecule has 0 bridgehead atoms. The maximum Gasteiger partial charge on any atom is 0.267 e. The summed E-state index contributed by atoms with van der Waals surface area (Å²) in [4.78, 5) is 33.4. The number of carbonyl (C=O) groups is 1. The number of hydrogen-bond acceptors (Lipinski definition) is 5. The lowest BCUT2D eigenvalue weighted by Crippen LogP contribution is -2.23. The Labute approximate surface area is 214 Å². The predicted octanol–water partition coefficient (Wildman–Crippen LogP) is 6.62. The van der Waals surface area contributed by atoms with Crippen molar-refractivity contribution in [2.24, 2.45) is 0 Å². The molecule has 2 heterocycles. The number of benzene rings is 2. The van der Waals surface area contributed by atoms with Gasteiger partial charge in [-0.3, -0.25) is 14.2 Å². The minimum atomic E-state index is -0.130. The van der Waals surface area contributed by atoms with Gasteiger partial charge >= 0.3 is 0 Å². The summed E-state index contributed by atoms with van der Waals surface area (Å²) in [6, 6.07) is 13.9. The molecule has 182 valence electrons. The molecule has 35 heavy (non-hydrogen) atoms. The Morgan fingerprint density at radius 3 is 2.46 bits per heavy atom. The molecule has 0 atom stereocenters. The molecule has 1 N–H and O–H groups in total. The van der Waals surface area contributed by atoms with E-state index in [9.17, 15) is 9.59 Å². The van der Waals surface area contributed by atoms with Crippen LogP contribution in [0.4, 0.5) is 5.69 Å². The third-order valence-corrected chi connectivity index (χ3v) is 8.42. The third-order valence-electron chi connectivity index (χ3n) is 6.24. The van der Waals surface area contributed by atoms with E-state index in [0.717, 1.165) is 46.6 Å². The molecule has 0 aliphatic rings. The van der Waals surface area contributed by atoms with Gasteiger partial charge in [0.05, 0.1) is 16.8 Å². The lowest BCUT2D eigenvalue weighted by molar-refractivity contribution is -0.113. The van der Waals surface area contributed by atoms with Crippen LogP contribution in [-0.4, -0.2) is 21.2 Å². The molecular weight excluding hydrogens is 474 g/mol. The molecule has 1 amide bonds. The van der Waals surface area contributed by atoms with Crippen LogP contribution in [0.15, 0.2) is 52.4 Å². The number of aromatic nitrogens is 2. The van der Waals surface area contributed by atoms with Crippen molar-refractivity contribution in [3.05, 3.63) is 79.9 Å². The summed E-state index contributed by atoms with van der Waals surface area (Å²) in [5.74, 6) is 0.0268. The number of thiophene rings is 1. The maximum atomic E-state index is 13.8. The number of hydrogen-bond donors (Lipinski definition) is 1. The van der Waals surface area contributed by atoms with Crippen molar-refractivity contribution in [2.75, 3.05) is 11.1 Å². The van der Waals surface area contributed by atoms with E-state index in [1.165, 1.54) is 27.8 Å². The van der Waals surface area contributed by atoms with E-state index in [4.69, 9.17) is 4.98 Å². The van der Waals surface area contributed by atoms with Gasteiger partial charge in [-0.15, -0.1) is 11.3 Å². The van der Waals surface area contributed by atoms with Gasteiger partial charge in [0.25, 0.3) is 5.56 Å². The summed E-state index contributed by atoms with van der Waals surface area (Å²) < 4.78 is 1.66. The van der Waals surface area contributed by atoms with E-state index in [2.05, 4.69) is 19.2 Å². The van der Waals surface area contributed by atoms with Crippen LogP contribution in [0.1, 0.15) is 47.4 Å². The molecule has 5 nitrogen and oxygen atoms in total. The number of aryl methyl sites for hydroxylation is 5. The first-order valence-corrected chi connectivity index (χ1v) is 13.8. The van der Waals surface area contributed by atoms with Crippen LogP contribution in [0.2, 0.25) is 0 Å². The van der Waals surface area contributed by atoms with Gasteiger partial charge in [0, 0.05) is 10.6 Å². The third kappa shape index (κ3) is 5.36. The minimum Gasteiger partial charge on any atom is -0.325 e. The number of fused-ring (bicyclic) bond motifs is 1. The Hall–Kier alpha value is -2.90. The normalized spacial score (nSPS) is 11.2. The number of nitrogens with zero attached hydrogens (tertiary/aromatic N) is 2. The molecule has 2 aromatic heterocycles. The molecule has 4 rings (SSSR count). The van der Waals surface area contributed by atoms with E-state index in [1.54, 1.807) is 15.9 Å². The lowest BCUT2D eigenvalue weighted by atomic mass is 10.1. The number of thioether (sulfide) groups is 1. The van der Waals surface area contributed by atoms with Gasteiger partial charge in [0.15, 0.2) is 5.16 Å². The van der Waals surface area contributed by atoms with Crippen molar-refractivity contribution in [3.8, 4) is 5.69 Å². The molecule has 0 saturated carbocycles. The first kappa shape index (κ1) is 25.2. The fraction of sp³-hybridized carbons (Fsp3) is 0.321. The van der Waals surface area contributed by atoms with Gasteiger partial charge in [-0.25, -0.2) is 4.98 Å². The molecular formula is C28H31N3O2S2. The molecule has 0 aliphatic heterocycles. The molecule has 2 aromatic carbocycles. The van der Waals surface area contributed by atoms with Crippen molar-refractivity contribution >= 4 is 44.9 Å². The van der Waals surface area contributed by atoms with Crippen LogP contribution >= 0.6 is 23.1 Å². The molecule has 0 saturated heterocycles. The average molecular weight is 506 g/mol. The minimum absolute atomic E-state index is 0.0765. The molecule has 0 fully saturated rings. The molecule has 4 aromatic rings. The highest BCUT2D eigenvalue weighted by atomic mass is 32.2. The van der Waals surface area contributed by atoms with Crippen LogP contribution < -0.4 is 10.9 Å². The van der Waals surface area contributed by atoms with Crippen molar-refractivity contribution in [1.29, 1.82) is 0 Å². The van der Waals surface area contributed by atoms with Gasteiger partial charge in [0.2, 0.25) is 5.91 Å². The number of nitrogens with one attached hydrogen (secondary N) is 1. The smallest absolute Gasteiger partial charge is 0.267 e. The molecule has 7 heteroatoms. The summed E-state index contributed by atoms with van der Waals surface area (Å²) in [6.07, 6.45) is 2.87. The summed E-state index contributed by atoms with van der Waals surface area (Å²) in [7, 11) is 0. The van der Waals surface area contributed by atoms with Crippen LogP contribution in [0, 0.1) is 20.8 Å². The fourth-order valence-corrected chi connectivity index (χ4v) is 6.16. The zero-order chi connectivity index (χ0) is 25.1. The highest BCUT2D eigenvalue weighted by molar-refractivity contribution is 7.99. The predicted molar refractivity (Wildman–Crippen MR) is 149 cm³/mol. The zero-order valence-electron chi connectivity index (χ0n) is 20.9. The van der Waals surface area contributed by atoms with Gasteiger partial charge in [-0.05, 0) is 80.1 Å². The largest absolute Gasteiger partial charge is 0.325 e. The highest BCUT2D eigenvalue weighted by Crippen LogP contribution is 2.31. The van der Waals surface area contributed by atoms with Gasteiger partial charge in [-0.2, -0.15) is 0 Å². The second kappa shape index (κ2) is 10.8. The molecule has 0 spiro atoms. The van der Waals surface area contributed by atoms with Crippen molar-refractivity contribution in [1.82, 2.24) is 9.55 Å². The van der Waals surface area contributed by atoms with E-state index in [-0.39, 0.29) is 17.2 Å². The van der Waals surface area contributed by atoms with Gasteiger partial charge < -0.3 is 5.32 Å². The first-order valence-electron chi connectivity index (χ1n) is 12.0. The number of amides is 1. The van der Waals surface area contributed by atoms with Crippen LogP contribution in [-0.2, 0) is 17.6 Å². The zero-order valence-corrected chi connectivity index (χ0v) is 22.5. The van der Waals surface area contributed by atoms with Crippen molar-refractivity contribution in [2.45, 2.75) is 59.0 Å². The van der Waals surface area contributed by atoms with Gasteiger partial charge in [-0.1, -0.05) is 50.2 Å². The van der Waals surface area contributed by atoms with E-state index in [0.29, 0.717) is 10.5 Å². The Balaban J connectivity index is 1.70. The Morgan fingerprint density at radius 2 is 1.80 bits per heavy atom. The second-order valence-corrected chi connectivity index (χ2v) is 10.8. The van der Waals surface area contributed by atoms with Gasteiger partial charge in [0.1, 0.15) is 4.83 Å². The van der Waals surface area contributed by atoms with Crippen LogP contribution in [0.5, 0.6) is 0 Å². The van der Waals surface area contributed by atoms with Crippen LogP contribution in [0.25, 0.3) is 15.9 Å². The maximum absolute atomic E-state index is 13.8. The molecule has 0 unspecified atom stereocenters. The summed E-state index contributed by atoms with van der Waals surface area (Å²) in [5, 5.41) is 4.18. The lowest BCUT2D eigenvalue weighted by Gasteiger charge is -2.13. The van der Waals surface area contributed by atoms with E-state index < -0.39 is 0 Å². The number of carbonyl (C=O) groups excluding carboxylic acids is 1. The van der Waals surface area contributed by atoms with E-state index in [1.807, 2.05) is 63.2 Å². The number of anilines is 1. The van der Waals surface area contributed by atoms with Crippen LogP contribution in [0.3, 0.4) is 0 Å². The topological polar surface area (TPSA) is 64.0 Å². The SMILES string of the molecule is CCCc1sc2nc(SCC(=O)Nc3ccc(C)c(C)c3)n(-c3ccc(CC)cc3)c(=O)c2c1C. The highest BCUT2D eigenvalue weighted by Gasteiger charge is 2.20.